The summed E-state index contributed by atoms with van der Waals surface area (Å²) in [6.45, 7) is 3.42. The summed E-state index contributed by atoms with van der Waals surface area (Å²) in [6, 6.07) is 4.41. The summed E-state index contributed by atoms with van der Waals surface area (Å²) in [4.78, 5) is 11.7. The lowest BCUT2D eigenvalue weighted by molar-refractivity contribution is -0.152. The van der Waals surface area contributed by atoms with Gasteiger partial charge in [0.05, 0.1) is 12.5 Å². The number of carbonyl (C=O) groups is 1. The Morgan fingerprint density at radius 1 is 1.39 bits per heavy atom. The number of nitrogens with two attached hydrogens (primary N) is 1. The van der Waals surface area contributed by atoms with Crippen LogP contribution in [0.4, 0.5) is 0 Å². The number of ether oxygens (including phenoxy) is 1. The van der Waals surface area contributed by atoms with E-state index in [0.29, 0.717) is 15.6 Å². The quantitative estimate of drug-likeness (QED) is 0.867. The van der Waals surface area contributed by atoms with E-state index in [4.69, 9.17) is 33.7 Å². The second-order valence-electron chi connectivity index (χ2n) is 4.36. The van der Waals surface area contributed by atoms with Crippen molar-refractivity contribution in [2.24, 2.45) is 11.1 Å². The molecule has 1 atom stereocenters. The lowest BCUT2D eigenvalue weighted by Gasteiger charge is -2.29. The zero-order valence-electron chi connectivity index (χ0n) is 10.4. The summed E-state index contributed by atoms with van der Waals surface area (Å²) in [7, 11) is 1.33. The zero-order chi connectivity index (χ0) is 13.2. The molecule has 0 unspecified atom stereocenters. The summed E-state index contributed by atoms with van der Waals surface area (Å²) < 4.78 is 4.73. The maximum absolute atomic E-state index is 11.7. The number of esters is 1. The first kappa shape index (κ1) is 17.5. The van der Waals surface area contributed by atoms with Crippen molar-refractivity contribution in [3.8, 4) is 0 Å². The fraction of sp³-hybridized carbons (Fsp3) is 0.417. The Morgan fingerprint density at radius 3 is 2.44 bits per heavy atom. The molecule has 0 aromatic heterocycles. The molecule has 18 heavy (non-hydrogen) atoms. The van der Waals surface area contributed by atoms with Gasteiger partial charge in [-0.2, -0.15) is 0 Å². The number of carbonyl (C=O) groups excluding carboxylic acids is 1. The smallest absolute Gasteiger partial charge is 0.313 e. The first-order valence-corrected chi connectivity index (χ1v) is 5.85. The molecule has 0 saturated heterocycles. The van der Waals surface area contributed by atoms with Gasteiger partial charge in [0.15, 0.2) is 0 Å². The average Bonchev–Trinajstić information content (AvgIpc) is 2.30. The lowest BCUT2D eigenvalue weighted by atomic mass is 9.81. The van der Waals surface area contributed by atoms with Crippen LogP contribution in [0.5, 0.6) is 0 Å². The fourth-order valence-electron chi connectivity index (χ4n) is 1.53. The molecule has 0 aliphatic heterocycles. The van der Waals surface area contributed by atoms with Gasteiger partial charge in [-0.3, -0.25) is 4.79 Å². The first-order chi connectivity index (χ1) is 7.80. The SMILES string of the molecule is COC(=O)C(C)(C)[C@H](N)c1cc(Cl)ccc1Cl.Cl. The van der Waals surface area contributed by atoms with Gasteiger partial charge in [0.25, 0.3) is 0 Å². The highest BCUT2D eigenvalue weighted by Gasteiger charge is 2.37. The molecule has 0 spiro atoms. The van der Waals surface area contributed by atoms with Gasteiger partial charge in [0.2, 0.25) is 0 Å². The monoisotopic (exact) mass is 311 g/mol. The number of hydrogen-bond acceptors (Lipinski definition) is 3. The van der Waals surface area contributed by atoms with Crippen molar-refractivity contribution < 1.29 is 9.53 Å². The summed E-state index contributed by atoms with van der Waals surface area (Å²) in [5.74, 6) is -0.388. The van der Waals surface area contributed by atoms with Crippen molar-refractivity contribution in [3.05, 3.63) is 33.8 Å². The first-order valence-electron chi connectivity index (χ1n) is 5.09. The van der Waals surface area contributed by atoms with Gasteiger partial charge < -0.3 is 10.5 Å². The van der Waals surface area contributed by atoms with Crippen LogP contribution in [-0.2, 0) is 9.53 Å². The highest BCUT2D eigenvalue weighted by atomic mass is 35.5. The van der Waals surface area contributed by atoms with E-state index in [2.05, 4.69) is 0 Å². The van der Waals surface area contributed by atoms with Crippen LogP contribution in [0.25, 0.3) is 0 Å². The number of halogens is 3. The predicted molar refractivity (Wildman–Crippen MR) is 76.4 cm³/mol. The van der Waals surface area contributed by atoms with Crippen LogP contribution in [0.2, 0.25) is 10.0 Å². The molecule has 3 nitrogen and oxygen atoms in total. The minimum Gasteiger partial charge on any atom is -0.469 e. The average molecular weight is 313 g/mol. The molecule has 2 N–H and O–H groups in total. The molecule has 0 heterocycles. The van der Waals surface area contributed by atoms with Crippen LogP contribution in [0.1, 0.15) is 25.5 Å². The molecular weight excluding hydrogens is 296 g/mol. The van der Waals surface area contributed by atoms with E-state index in [-0.39, 0.29) is 18.4 Å². The zero-order valence-corrected chi connectivity index (χ0v) is 12.7. The molecule has 0 bridgehead atoms. The molecule has 1 aromatic rings. The molecule has 102 valence electrons. The third kappa shape index (κ3) is 3.51. The van der Waals surface area contributed by atoms with E-state index in [1.54, 1.807) is 32.0 Å². The summed E-state index contributed by atoms with van der Waals surface area (Å²) in [5.41, 5.74) is 5.84. The predicted octanol–water partition coefficient (Wildman–Crippen LogP) is 3.61. The molecule has 1 rings (SSSR count). The Hall–Kier alpha value is -0.480. The minimum absolute atomic E-state index is 0. The van der Waals surface area contributed by atoms with E-state index >= 15 is 0 Å². The molecule has 0 aliphatic rings. The van der Waals surface area contributed by atoms with E-state index in [9.17, 15) is 4.79 Å². The summed E-state index contributed by atoms with van der Waals surface area (Å²) in [5, 5.41) is 1.01. The second-order valence-corrected chi connectivity index (χ2v) is 5.20. The molecule has 6 heteroatoms. The van der Waals surface area contributed by atoms with Gasteiger partial charge >= 0.3 is 5.97 Å². The third-order valence-electron chi connectivity index (χ3n) is 2.78. The Kier molecular flexibility index (Phi) is 6.44. The summed E-state index contributed by atoms with van der Waals surface area (Å²) >= 11 is 11.9. The normalized spacial score (nSPS) is 12.6. The van der Waals surface area contributed by atoms with Crippen molar-refractivity contribution in [3.63, 3.8) is 0 Å². The second kappa shape index (κ2) is 6.62. The highest BCUT2D eigenvalue weighted by molar-refractivity contribution is 6.33. The van der Waals surface area contributed by atoms with Crippen molar-refractivity contribution in [1.29, 1.82) is 0 Å². The van der Waals surface area contributed by atoms with Crippen LogP contribution in [0.3, 0.4) is 0 Å². The van der Waals surface area contributed by atoms with Crippen molar-refractivity contribution in [2.75, 3.05) is 7.11 Å². The topological polar surface area (TPSA) is 52.3 Å². The highest BCUT2D eigenvalue weighted by Crippen LogP contribution is 2.36. The lowest BCUT2D eigenvalue weighted by Crippen LogP contribution is -2.37. The molecule has 1 aromatic carbocycles. The molecule has 0 radical (unpaired) electrons. The van der Waals surface area contributed by atoms with Gasteiger partial charge in [-0.05, 0) is 37.6 Å². The van der Waals surface area contributed by atoms with Gasteiger partial charge in [-0.1, -0.05) is 23.2 Å². The largest absolute Gasteiger partial charge is 0.469 e. The van der Waals surface area contributed by atoms with Crippen LogP contribution in [0, 0.1) is 5.41 Å². The van der Waals surface area contributed by atoms with E-state index in [1.165, 1.54) is 7.11 Å². The third-order valence-corrected chi connectivity index (χ3v) is 3.36. The molecule has 0 amide bonds. The molecule has 0 fully saturated rings. The molecular formula is C12H16Cl3NO2. The number of benzene rings is 1. The number of rotatable bonds is 3. The number of methoxy groups -OCH3 is 1. The van der Waals surface area contributed by atoms with Crippen LogP contribution < -0.4 is 5.73 Å². The van der Waals surface area contributed by atoms with E-state index in [0.717, 1.165) is 0 Å². The standard InChI is InChI=1S/C12H15Cl2NO2.ClH/c1-12(2,11(16)17-3)10(15)8-6-7(13)4-5-9(8)14;/h4-6,10H,15H2,1-3H3;1H/t10-;/m1./s1. The minimum atomic E-state index is -0.872. The summed E-state index contributed by atoms with van der Waals surface area (Å²) in [6.07, 6.45) is 0. The maximum Gasteiger partial charge on any atom is 0.313 e. The van der Waals surface area contributed by atoms with Gasteiger partial charge in [-0.15, -0.1) is 12.4 Å². The van der Waals surface area contributed by atoms with Crippen molar-refractivity contribution in [2.45, 2.75) is 19.9 Å². The van der Waals surface area contributed by atoms with Gasteiger partial charge in [0.1, 0.15) is 0 Å². The van der Waals surface area contributed by atoms with Gasteiger partial charge in [-0.25, -0.2) is 0 Å². The van der Waals surface area contributed by atoms with Crippen LogP contribution >= 0.6 is 35.6 Å². The Labute approximate surface area is 123 Å². The Morgan fingerprint density at radius 2 is 1.94 bits per heavy atom. The molecule has 0 saturated carbocycles. The number of hydrogen-bond donors (Lipinski definition) is 1. The van der Waals surface area contributed by atoms with E-state index < -0.39 is 11.5 Å². The van der Waals surface area contributed by atoms with Crippen LogP contribution in [-0.4, -0.2) is 13.1 Å². The van der Waals surface area contributed by atoms with Gasteiger partial charge in [0, 0.05) is 16.1 Å². The Bertz CT molecular complexity index is 435. The van der Waals surface area contributed by atoms with Crippen molar-refractivity contribution in [1.82, 2.24) is 0 Å². The van der Waals surface area contributed by atoms with Crippen LogP contribution in [0.15, 0.2) is 18.2 Å². The van der Waals surface area contributed by atoms with Crippen molar-refractivity contribution >= 4 is 41.6 Å². The van der Waals surface area contributed by atoms with E-state index in [1.807, 2.05) is 0 Å². The maximum atomic E-state index is 11.7. The molecule has 0 aliphatic carbocycles. The Balaban J connectivity index is 0.00000289. The fourth-order valence-corrected chi connectivity index (χ4v) is 1.95.